The summed E-state index contributed by atoms with van der Waals surface area (Å²) >= 11 is 2.31. The van der Waals surface area contributed by atoms with Crippen LogP contribution in [0.25, 0.3) is 11.1 Å². The Morgan fingerprint density at radius 3 is 2.67 bits per heavy atom. The predicted octanol–water partition coefficient (Wildman–Crippen LogP) is 3.20. The molecule has 3 aromatic rings. The normalized spacial score (nSPS) is 11.0. The molecule has 108 valence electrons. The van der Waals surface area contributed by atoms with Crippen molar-refractivity contribution in [3.8, 4) is 11.1 Å². The number of nitrogens with zero attached hydrogens (tertiary/aromatic N) is 5. The maximum Gasteiger partial charge on any atom is 0.148 e. The summed E-state index contributed by atoms with van der Waals surface area (Å²) < 4.78 is 5.08. The lowest BCUT2D eigenvalue weighted by Crippen LogP contribution is -2.10. The summed E-state index contributed by atoms with van der Waals surface area (Å²) in [5, 5.41) is 8.67. The van der Waals surface area contributed by atoms with Crippen LogP contribution < -0.4 is 0 Å². The van der Waals surface area contributed by atoms with Crippen LogP contribution in [0.1, 0.15) is 19.2 Å². The molecule has 0 saturated heterocycles. The van der Waals surface area contributed by atoms with Crippen molar-refractivity contribution in [1.82, 2.24) is 24.5 Å². The van der Waals surface area contributed by atoms with E-state index >= 15 is 0 Å². The fourth-order valence-electron chi connectivity index (χ4n) is 2.20. The number of aromatic nitrogens is 5. The fraction of sp³-hybridized carbons (Fsp3) is 0.267. The van der Waals surface area contributed by atoms with Crippen LogP contribution in [0.2, 0.25) is 0 Å². The van der Waals surface area contributed by atoms with Gasteiger partial charge in [0, 0.05) is 21.9 Å². The van der Waals surface area contributed by atoms with E-state index in [9.17, 15) is 0 Å². The fourth-order valence-corrected chi connectivity index (χ4v) is 2.56. The molecular formula is C15H16IN5. The van der Waals surface area contributed by atoms with Crippen molar-refractivity contribution < 1.29 is 0 Å². The molecule has 21 heavy (non-hydrogen) atoms. The first-order valence-corrected chi connectivity index (χ1v) is 7.99. The Hall–Kier alpha value is -1.70. The van der Waals surface area contributed by atoms with E-state index in [4.69, 9.17) is 0 Å². The van der Waals surface area contributed by atoms with E-state index in [0.29, 0.717) is 6.54 Å². The largest absolute Gasteiger partial charge is 0.264 e. The molecule has 0 aliphatic carbocycles. The highest BCUT2D eigenvalue weighted by molar-refractivity contribution is 14.1. The molecule has 0 spiro atoms. The van der Waals surface area contributed by atoms with E-state index in [1.165, 1.54) is 9.13 Å². The minimum Gasteiger partial charge on any atom is -0.264 e. The molecular weight excluding hydrogens is 377 g/mol. The van der Waals surface area contributed by atoms with Crippen molar-refractivity contribution >= 4 is 22.6 Å². The average molecular weight is 393 g/mol. The monoisotopic (exact) mass is 393 g/mol. The highest BCUT2D eigenvalue weighted by atomic mass is 127. The molecule has 1 aromatic carbocycles. The maximum atomic E-state index is 4.42. The molecule has 0 fully saturated rings. The van der Waals surface area contributed by atoms with E-state index in [0.717, 1.165) is 24.4 Å². The minimum absolute atomic E-state index is 0.643. The molecule has 0 unspecified atom stereocenters. The number of rotatable bonds is 5. The number of hydrogen-bond donors (Lipinski definition) is 0. The van der Waals surface area contributed by atoms with E-state index in [2.05, 4.69) is 69.0 Å². The van der Waals surface area contributed by atoms with Crippen LogP contribution in [0, 0.1) is 3.57 Å². The highest BCUT2D eigenvalue weighted by Crippen LogP contribution is 2.19. The molecule has 5 nitrogen and oxygen atoms in total. The summed E-state index contributed by atoms with van der Waals surface area (Å²) in [6.07, 6.45) is 6.59. The molecule has 6 heteroatoms. The third-order valence-corrected chi connectivity index (χ3v) is 3.96. The van der Waals surface area contributed by atoms with E-state index in [1.54, 1.807) is 6.33 Å². The van der Waals surface area contributed by atoms with Gasteiger partial charge < -0.3 is 0 Å². The van der Waals surface area contributed by atoms with E-state index < -0.39 is 0 Å². The summed E-state index contributed by atoms with van der Waals surface area (Å²) in [4.78, 5) is 4.31. The van der Waals surface area contributed by atoms with E-state index in [-0.39, 0.29) is 0 Å². The molecule has 0 bridgehead atoms. The Bertz CT molecular complexity index is 714. The van der Waals surface area contributed by atoms with Crippen LogP contribution in [0.5, 0.6) is 0 Å². The lowest BCUT2D eigenvalue weighted by molar-refractivity contribution is 0.539. The van der Waals surface area contributed by atoms with Gasteiger partial charge in [0.15, 0.2) is 0 Å². The second-order valence-electron chi connectivity index (χ2n) is 4.83. The van der Waals surface area contributed by atoms with Crippen molar-refractivity contribution in [2.45, 2.75) is 26.4 Å². The van der Waals surface area contributed by atoms with Gasteiger partial charge in [-0.3, -0.25) is 4.68 Å². The second-order valence-corrected chi connectivity index (χ2v) is 6.08. The molecule has 0 amide bonds. The Balaban J connectivity index is 1.78. The van der Waals surface area contributed by atoms with Gasteiger partial charge in [-0.1, -0.05) is 19.1 Å². The Labute approximate surface area is 137 Å². The SMILES string of the molecule is CCCn1ncnc1Cn1cc(-c2ccc(I)cc2)cn1. The number of aryl methyl sites for hydroxylation is 1. The lowest BCUT2D eigenvalue weighted by atomic mass is 10.1. The van der Waals surface area contributed by atoms with Crippen LogP contribution in [0.3, 0.4) is 0 Å². The van der Waals surface area contributed by atoms with Crippen molar-refractivity contribution in [3.05, 3.63) is 52.4 Å². The maximum absolute atomic E-state index is 4.42. The molecule has 0 N–H and O–H groups in total. The van der Waals surface area contributed by atoms with Gasteiger partial charge in [-0.05, 0) is 46.7 Å². The van der Waals surface area contributed by atoms with Crippen LogP contribution >= 0.6 is 22.6 Å². The van der Waals surface area contributed by atoms with Crippen molar-refractivity contribution in [3.63, 3.8) is 0 Å². The smallest absolute Gasteiger partial charge is 0.148 e. The molecule has 0 radical (unpaired) electrons. The lowest BCUT2D eigenvalue weighted by Gasteiger charge is -2.04. The molecule has 2 heterocycles. The summed E-state index contributed by atoms with van der Waals surface area (Å²) in [5.74, 6) is 0.939. The van der Waals surface area contributed by atoms with Crippen LogP contribution in [0.15, 0.2) is 43.0 Å². The first-order chi connectivity index (χ1) is 10.3. The topological polar surface area (TPSA) is 48.5 Å². The first kappa shape index (κ1) is 14.2. The summed E-state index contributed by atoms with van der Waals surface area (Å²) in [5.41, 5.74) is 2.30. The van der Waals surface area contributed by atoms with Gasteiger partial charge in [0.25, 0.3) is 0 Å². The van der Waals surface area contributed by atoms with Crippen LogP contribution in [-0.4, -0.2) is 24.5 Å². The molecule has 0 aliphatic heterocycles. The summed E-state index contributed by atoms with van der Waals surface area (Å²) in [7, 11) is 0. The summed E-state index contributed by atoms with van der Waals surface area (Å²) in [6, 6.07) is 8.43. The third kappa shape index (κ3) is 3.31. The Kier molecular flexibility index (Phi) is 4.33. The van der Waals surface area contributed by atoms with Crippen LogP contribution in [0.4, 0.5) is 0 Å². The zero-order valence-electron chi connectivity index (χ0n) is 11.8. The number of benzene rings is 1. The van der Waals surface area contributed by atoms with Gasteiger partial charge in [-0.25, -0.2) is 9.67 Å². The number of halogens is 1. The van der Waals surface area contributed by atoms with Gasteiger partial charge in [0.1, 0.15) is 18.7 Å². The number of hydrogen-bond acceptors (Lipinski definition) is 3. The zero-order chi connectivity index (χ0) is 14.7. The van der Waals surface area contributed by atoms with Gasteiger partial charge >= 0.3 is 0 Å². The second kappa shape index (κ2) is 6.38. The molecule has 2 aromatic heterocycles. The first-order valence-electron chi connectivity index (χ1n) is 6.91. The average Bonchev–Trinajstić information content (AvgIpc) is 3.11. The van der Waals surface area contributed by atoms with Gasteiger partial charge in [0.2, 0.25) is 0 Å². The zero-order valence-corrected chi connectivity index (χ0v) is 13.9. The molecule has 0 atom stereocenters. The minimum atomic E-state index is 0.643. The highest BCUT2D eigenvalue weighted by Gasteiger charge is 2.07. The molecule has 0 saturated carbocycles. The van der Waals surface area contributed by atoms with Crippen molar-refractivity contribution in [2.75, 3.05) is 0 Å². The predicted molar refractivity (Wildman–Crippen MR) is 89.8 cm³/mol. The Morgan fingerprint density at radius 2 is 1.90 bits per heavy atom. The van der Waals surface area contributed by atoms with Gasteiger partial charge in [-0.2, -0.15) is 10.2 Å². The molecule has 3 rings (SSSR count). The quantitative estimate of drug-likeness (QED) is 0.626. The van der Waals surface area contributed by atoms with E-state index in [1.807, 2.05) is 21.8 Å². The van der Waals surface area contributed by atoms with Crippen molar-refractivity contribution in [1.29, 1.82) is 0 Å². The third-order valence-electron chi connectivity index (χ3n) is 3.25. The molecule has 0 aliphatic rings. The van der Waals surface area contributed by atoms with Crippen molar-refractivity contribution in [2.24, 2.45) is 0 Å². The van der Waals surface area contributed by atoms with Gasteiger partial charge in [-0.15, -0.1) is 0 Å². The van der Waals surface area contributed by atoms with Gasteiger partial charge in [0.05, 0.1) is 6.20 Å². The summed E-state index contributed by atoms with van der Waals surface area (Å²) in [6.45, 7) is 3.67. The Morgan fingerprint density at radius 1 is 1.10 bits per heavy atom. The standard InChI is InChI=1S/C15H16IN5/c1-2-7-21-15(17-11-19-21)10-20-9-13(8-18-20)12-3-5-14(16)6-4-12/h3-6,8-9,11H,2,7,10H2,1H3. The van der Waals surface area contributed by atoms with Crippen LogP contribution in [-0.2, 0) is 13.1 Å².